The van der Waals surface area contributed by atoms with Crippen LogP contribution in [0.2, 0.25) is 0 Å². The smallest absolute Gasteiger partial charge is 0.260 e. The van der Waals surface area contributed by atoms with E-state index in [-0.39, 0.29) is 36.3 Å². The van der Waals surface area contributed by atoms with Gasteiger partial charge in [-0.2, -0.15) is 5.01 Å². The number of hydrogen-bond donors (Lipinski definition) is 2. The average molecular weight is 763 g/mol. The van der Waals surface area contributed by atoms with Crippen LogP contribution in [0.15, 0.2) is 81.3 Å². The quantitative estimate of drug-likeness (QED) is 0.226. The number of benzene rings is 3. The number of carbonyl (C=O) groups is 4. The molecule has 2 N–H and O–H groups in total. The Morgan fingerprint density at radius 2 is 1.66 bits per heavy atom. The van der Waals surface area contributed by atoms with Gasteiger partial charge in [-0.25, -0.2) is 0 Å². The molecule has 2 aliphatic carbocycles. The molecular formula is C36H33Br2N3O6. The molecule has 2 heterocycles. The van der Waals surface area contributed by atoms with Crippen LogP contribution >= 0.6 is 31.9 Å². The van der Waals surface area contributed by atoms with E-state index in [0.29, 0.717) is 32.2 Å². The number of aromatic hydroxyl groups is 1. The number of halogens is 2. The lowest BCUT2D eigenvalue weighted by Gasteiger charge is -2.51. The summed E-state index contributed by atoms with van der Waals surface area (Å²) in [7, 11) is 1.45. The fourth-order valence-corrected chi connectivity index (χ4v) is 9.40. The molecule has 0 spiro atoms. The molecule has 0 radical (unpaired) electrons. The van der Waals surface area contributed by atoms with Crippen molar-refractivity contribution >= 4 is 61.2 Å². The summed E-state index contributed by atoms with van der Waals surface area (Å²) in [6.07, 6.45) is 2.56. The molecule has 4 amide bonds. The Morgan fingerprint density at radius 1 is 0.957 bits per heavy atom. The number of anilines is 1. The zero-order valence-corrected chi connectivity index (χ0v) is 29.2. The van der Waals surface area contributed by atoms with Gasteiger partial charge in [0.05, 0.1) is 40.4 Å². The van der Waals surface area contributed by atoms with Crippen molar-refractivity contribution in [2.45, 2.75) is 38.0 Å². The Kier molecular flexibility index (Phi) is 7.82. The van der Waals surface area contributed by atoms with E-state index in [1.54, 1.807) is 13.0 Å². The number of likely N-dealkylation sites (tertiary alicyclic amines) is 1. The zero-order chi connectivity index (χ0) is 33.4. The normalized spacial score (nSPS) is 28.2. The molecule has 2 saturated heterocycles. The largest absolute Gasteiger partial charge is 0.503 e. The van der Waals surface area contributed by atoms with E-state index in [1.165, 1.54) is 12.0 Å². The minimum atomic E-state index is -1.44. The lowest BCUT2D eigenvalue weighted by atomic mass is 9.49. The number of rotatable bonds is 6. The van der Waals surface area contributed by atoms with Gasteiger partial charge in [-0.05, 0) is 93.8 Å². The molecule has 3 fully saturated rings. The molecule has 4 aliphatic rings. The number of aryl methyl sites for hydroxylation is 1. The Labute approximate surface area is 289 Å². The highest BCUT2D eigenvalue weighted by molar-refractivity contribution is 9.13. The highest BCUT2D eigenvalue weighted by atomic mass is 79.9. The number of carbonyl (C=O) groups excluding carboxylic acids is 4. The molecule has 242 valence electrons. The fraction of sp³-hybridized carbons (Fsp3) is 0.333. The number of nitrogens with one attached hydrogen (secondary N) is 1. The molecule has 3 aromatic rings. The number of phenols is 1. The van der Waals surface area contributed by atoms with Crippen molar-refractivity contribution in [2.75, 3.05) is 19.1 Å². The Hall–Kier alpha value is -3.96. The summed E-state index contributed by atoms with van der Waals surface area (Å²) < 4.78 is 6.41. The highest BCUT2D eigenvalue weighted by Gasteiger charge is 2.70. The minimum absolute atomic E-state index is 0.120. The molecule has 47 heavy (non-hydrogen) atoms. The third kappa shape index (κ3) is 4.45. The molecule has 0 aromatic heterocycles. The molecule has 6 atom stereocenters. The van der Waals surface area contributed by atoms with E-state index in [1.807, 2.05) is 67.6 Å². The van der Waals surface area contributed by atoms with Crippen molar-refractivity contribution < 1.29 is 29.0 Å². The minimum Gasteiger partial charge on any atom is -0.503 e. The molecule has 7 rings (SSSR count). The maximum Gasteiger partial charge on any atom is 0.260 e. The van der Waals surface area contributed by atoms with Crippen LogP contribution in [-0.2, 0) is 24.6 Å². The predicted molar refractivity (Wildman–Crippen MR) is 181 cm³/mol. The summed E-state index contributed by atoms with van der Waals surface area (Å²) in [5.74, 6) is -4.51. The van der Waals surface area contributed by atoms with E-state index < -0.39 is 46.8 Å². The standard InChI is InChI=1S/C36H33Br2N3O6/c1-4-40-32(43)22-15-14-21-23(27(22)34(40)45)16-25-33(44)41(39-20-12-10-18(2)11-13-20)35(46)36(25,19-8-6-5-7-9-19)28(21)24-17-26(47-3)31(42)30(38)29(24)37/h5-14,17,22-23,25,27-28,39,42H,4,15-16H2,1-3H3. The Bertz CT molecular complexity index is 1860. The van der Waals surface area contributed by atoms with Gasteiger partial charge in [-0.1, -0.05) is 59.7 Å². The first-order valence-corrected chi connectivity index (χ1v) is 17.2. The van der Waals surface area contributed by atoms with Gasteiger partial charge in [0.25, 0.3) is 11.8 Å². The average Bonchev–Trinajstić information content (AvgIpc) is 3.45. The maximum absolute atomic E-state index is 15.2. The molecule has 11 heteroatoms. The van der Waals surface area contributed by atoms with Crippen LogP contribution in [-0.4, -0.2) is 52.3 Å². The summed E-state index contributed by atoms with van der Waals surface area (Å²) in [6, 6.07) is 18.4. The first-order chi connectivity index (χ1) is 22.6. The second kappa shape index (κ2) is 11.6. The number of nitrogens with zero attached hydrogens (tertiary/aromatic N) is 2. The monoisotopic (exact) mass is 761 g/mol. The van der Waals surface area contributed by atoms with Crippen LogP contribution in [0.5, 0.6) is 11.5 Å². The van der Waals surface area contributed by atoms with Gasteiger partial charge in [0.15, 0.2) is 11.5 Å². The first-order valence-electron chi connectivity index (χ1n) is 15.6. The number of hydrazine groups is 1. The second-order valence-corrected chi connectivity index (χ2v) is 14.2. The van der Waals surface area contributed by atoms with E-state index in [0.717, 1.165) is 16.1 Å². The van der Waals surface area contributed by atoms with Crippen LogP contribution in [0.1, 0.15) is 42.4 Å². The van der Waals surface area contributed by atoms with E-state index >= 15 is 4.79 Å². The van der Waals surface area contributed by atoms with Crippen LogP contribution in [0, 0.1) is 30.6 Å². The molecule has 1 saturated carbocycles. The number of ether oxygens (including phenoxy) is 1. The lowest BCUT2D eigenvalue weighted by molar-refractivity contribution is -0.141. The van der Waals surface area contributed by atoms with Crippen LogP contribution in [0.4, 0.5) is 5.69 Å². The van der Waals surface area contributed by atoms with Crippen molar-refractivity contribution in [1.82, 2.24) is 9.91 Å². The lowest BCUT2D eigenvalue weighted by Crippen LogP contribution is -2.53. The summed E-state index contributed by atoms with van der Waals surface area (Å²) in [4.78, 5) is 58.6. The van der Waals surface area contributed by atoms with Crippen molar-refractivity contribution in [3.63, 3.8) is 0 Å². The summed E-state index contributed by atoms with van der Waals surface area (Å²) >= 11 is 7.22. The van der Waals surface area contributed by atoms with Crippen molar-refractivity contribution in [1.29, 1.82) is 0 Å². The van der Waals surface area contributed by atoms with Crippen molar-refractivity contribution in [3.05, 3.63) is 97.9 Å². The molecule has 3 aromatic carbocycles. The number of fused-ring (bicyclic) bond motifs is 4. The third-order valence-electron chi connectivity index (χ3n) is 10.5. The SMILES string of the molecule is CCN1C(=O)C2CC=C3C(CC4C(=O)N(Nc5ccc(C)cc5)C(=O)C4(c4ccccc4)C3c3cc(OC)c(O)c(Br)c3Br)C2C1=O. The number of methoxy groups -OCH3 is 1. The number of allylic oxidation sites excluding steroid dienone is 2. The zero-order valence-electron chi connectivity index (χ0n) is 26.0. The van der Waals surface area contributed by atoms with E-state index in [9.17, 15) is 19.5 Å². The summed E-state index contributed by atoms with van der Waals surface area (Å²) in [5.41, 5.74) is 5.37. The molecule has 9 nitrogen and oxygen atoms in total. The molecule has 2 aliphatic heterocycles. The van der Waals surface area contributed by atoms with Gasteiger partial charge in [-0.3, -0.25) is 29.5 Å². The van der Waals surface area contributed by atoms with Crippen LogP contribution < -0.4 is 10.2 Å². The van der Waals surface area contributed by atoms with Gasteiger partial charge in [0.2, 0.25) is 11.8 Å². The van der Waals surface area contributed by atoms with Gasteiger partial charge >= 0.3 is 0 Å². The van der Waals surface area contributed by atoms with E-state index in [4.69, 9.17) is 4.74 Å². The first kappa shape index (κ1) is 31.6. The second-order valence-electron chi connectivity index (χ2n) is 12.7. The number of hydrogen-bond acceptors (Lipinski definition) is 7. The molecular weight excluding hydrogens is 730 g/mol. The fourth-order valence-electron chi connectivity index (χ4n) is 8.45. The van der Waals surface area contributed by atoms with Gasteiger partial charge < -0.3 is 9.84 Å². The Balaban J connectivity index is 1.51. The summed E-state index contributed by atoms with van der Waals surface area (Å²) in [5, 5.41) is 12.1. The topological polar surface area (TPSA) is 116 Å². The predicted octanol–water partition coefficient (Wildman–Crippen LogP) is 6.24. The molecule has 0 bridgehead atoms. The third-order valence-corrected chi connectivity index (χ3v) is 12.7. The van der Waals surface area contributed by atoms with Crippen molar-refractivity contribution in [3.8, 4) is 11.5 Å². The van der Waals surface area contributed by atoms with Gasteiger partial charge in [0, 0.05) is 16.9 Å². The number of amides is 4. The highest BCUT2D eigenvalue weighted by Crippen LogP contribution is 2.65. The van der Waals surface area contributed by atoms with Crippen LogP contribution in [0.25, 0.3) is 0 Å². The van der Waals surface area contributed by atoms with Gasteiger partial charge in [0.1, 0.15) is 0 Å². The maximum atomic E-state index is 15.2. The number of imide groups is 2. The Morgan fingerprint density at radius 3 is 2.32 bits per heavy atom. The van der Waals surface area contributed by atoms with E-state index in [2.05, 4.69) is 37.3 Å². The number of phenolic OH excluding ortho intramolecular Hbond substituents is 1. The van der Waals surface area contributed by atoms with Gasteiger partial charge in [-0.15, -0.1) is 0 Å². The van der Waals surface area contributed by atoms with Crippen LogP contribution in [0.3, 0.4) is 0 Å². The van der Waals surface area contributed by atoms with Crippen molar-refractivity contribution in [2.24, 2.45) is 23.7 Å². The molecule has 6 unspecified atom stereocenters. The summed E-state index contributed by atoms with van der Waals surface area (Å²) in [6.45, 7) is 4.02.